The summed E-state index contributed by atoms with van der Waals surface area (Å²) < 4.78 is 2.95. The Morgan fingerprint density at radius 3 is 2.42 bits per heavy atom. The van der Waals surface area contributed by atoms with E-state index >= 15 is 0 Å². The normalized spacial score (nSPS) is 10.7. The number of hydrogen-bond donors (Lipinski definition) is 0. The van der Waals surface area contributed by atoms with Gasteiger partial charge < -0.3 is 0 Å². The Morgan fingerprint density at radius 2 is 1.89 bits per heavy atom. The van der Waals surface area contributed by atoms with E-state index in [4.69, 9.17) is 0 Å². The van der Waals surface area contributed by atoms with Crippen molar-refractivity contribution in [2.75, 3.05) is 0 Å². The summed E-state index contributed by atoms with van der Waals surface area (Å²) in [5.74, 6) is 0.102. The van der Waals surface area contributed by atoms with Gasteiger partial charge in [-0.2, -0.15) is 5.10 Å². The van der Waals surface area contributed by atoms with Crippen LogP contribution in [0.3, 0.4) is 0 Å². The van der Waals surface area contributed by atoms with E-state index in [9.17, 15) is 4.79 Å². The third kappa shape index (κ3) is 3.05. The smallest absolute Gasteiger partial charge is 0.184 e. The first kappa shape index (κ1) is 14.2. The largest absolute Gasteiger partial charge is 0.292 e. The number of carbonyl (C=O) groups is 1. The summed E-state index contributed by atoms with van der Waals surface area (Å²) in [6, 6.07) is 7.64. The maximum atomic E-state index is 12.2. The van der Waals surface area contributed by atoms with Gasteiger partial charge >= 0.3 is 0 Å². The summed E-state index contributed by atoms with van der Waals surface area (Å²) >= 11 is 2.23. The van der Waals surface area contributed by atoms with Crippen LogP contribution in [0, 0.1) is 17.4 Å². The lowest BCUT2D eigenvalue weighted by Crippen LogP contribution is -2.13. The van der Waals surface area contributed by atoms with E-state index in [1.165, 1.54) is 5.56 Å². The molecule has 0 atom stereocenters. The molecule has 0 aliphatic heterocycles. The second-order valence-electron chi connectivity index (χ2n) is 4.59. The molecule has 0 aliphatic carbocycles. The third-order valence-electron chi connectivity index (χ3n) is 3.34. The van der Waals surface area contributed by atoms with Gasteiger partial charge in [0.05, 0.1) is 5.69 Å². The van der Waals surface area contributed by atoms with Gasteiger partial charge in [-0.05, 0) is 60.6 Å². The van der Waals surface area contributed by atoms with Crippen molar-refractivity contribution in [1.82, 2.24) is 9.78 Å². The molecule has 2 aromatic rings. The number of hydrogen-bond acceptors (Lipinski definition) is 2. The van der Waals surface area contributed by atoms with Crippen LogP contribution in [0.5, 0.6) is 0 Å². The lowest BCUT2D eigenvalue weighted by Gasteiger charge is -2.05. The van der Waals surface area contributed by atoms with Crippen molar-refractivity contribution in [2.24, 2.45) is 0 Å². The standard InChI is InChI=1S/C15H17IN2O/c1-4-14-10(2)17-18(11(14)3)9-15(19)12-5-7-13(16)8-6-12/h5-8H,4,9H2,1-3H3. The summed E-state index contributed by atoms with van der Waals surface area (Å²) in [4.78, 5) is 12.2. The lowest BCUT2D eigenvalue weighted by atomic mass is 10.1. The Labute approximate surface area is 127 Å². The molecule has 1 aromatic heterocycles. The van der Waals surface area contributed by atoms with Gasteiger partial charge in [-0.15, -0.1) is 0 Å². The molecular weight excluding hydrogens is 351 g/mol. The second-order valence-corrected chi connectivity index (χ2v) is 5.84. The summed E-state index contributed by atoms with van der Waals surface area (Å²) in [6.07, 6.45) is 0.954. The van der Waals surface area contributed by atoms with E-state index in [2.05, 4.69) is 34.6 Å². The number of rotatable bonds is 4. The molecule has 0 saturated heterocycles. The zero-order valence-electron chi connectivity index (χ0n) is 11.4. The van der Waals surface area contributed by atoms with Crippen LogP contribution in [-0.2, 0) is 13.0 Å². The fourth-order valence-corrected chi connectivity index (χ4v) is 2.62. The van der Waals surface area contributed by atoms with Gasteiger partial charge in [-0.3, -0.25) is 9.48 Å². The number of aryl methyl sites for hydroxylation is 1. The van der Waals surface area contributed by atoms with Gasteiger partial charge in [-0.25, -0.2) is 0 Å². The molecule has 0 amide bonds. The van der Waals surface area contributed by atoms with E-state index in [-0.39, 0.29) is 5.78 Å². The molecule has 1 aromatic carbocycles. The molecule has 1 heterocycles. The van der Waals surface area contributed by atoms with E-state index in [0.29, 0.717) is 6.54 Å². The van der Waals surface area contributed by atoms with Crippen molar-refractivity contribution in [2.45, 2.75) is 33.7 Å². The summed E-state index contributed by atoms with van der Waals surface area (Å²) in [6.45, 7) is 6.45. The summed E-state index contributed by atoms with van der Waals surface area (Å²) in [5.41, 5.74) is 4.11. The van der Waals surface area contributed by atoms with Crippen molar-refractivity contribution >= 4 is 28.4 Å². The van der Waals surface area contributed by atoms with Crippen molar-refractivity contribution in [3.63, 3.8) is 0 Å². The molecule has 3 nitrogen and oxygen atoms in total. The predicted molar refractivity (Wildman–Crippen MR) is 84.6 cm³/mol. The third-order valence-corrected chi connectivity index (χ3v) is 4.06. The summed E-state index contributed by atoms with van der Waals surface area (Å²) in [7, 11) is 0. The average Bonchev–Trinajstić information content (AvgIpc) is 2.64. The number of ketones is 1. The highest BCUT2D eigenvalue weighted by Crippen LogP contribution is 2.15. The van der Waals surface area contributed by atoms with E-state index in [1.807, 2.05) is 42.8 Å². The van der Waals surface area contributed by atoms with Crippen molar-refractivity contribution in [3.8, 4) is 0 Å². The van der Waals surface area contributed by atoms with Gasteiger partial charge in [0.15, 0.2) is 5.78 Å². The number of halogens is 1. The molecule has 4 heteroatoms. The minimum atomic E-state index is 0.102. The first-order chi connectivity index (χ1) is 9.02. The molecular formula is C15H17IN2O. The minimum Gasteiger partial charge on any atom is -0.292 e. The quantitative estimate of drug-likeness (QED) is 0.611. The number of carbonyl (C=O) groups excluding carboxylic acids is 1. The van der Waals surface area contributed by atoms with Crippen LogP contribution in [0.4, 0.5) is 0 Å². The molecule has 0 radical (unpaired) electrons. The minimum absolute atomic E-state index is 0.102. The Morgan fingerprint density at radius 1 is 1.26 bits per heavy atom. The molecule has 19 heavy (non-hydrogen) atoms. The number of nitrogens with zero attached hydrogens (tertiary/aromatic N) is 2. The summed E-state index contributed by atoms with van der Waals surface area (Å²) in [5, 5.41) is 4.46. The van der Waals surface area contributed by atoms with E-state index < -0.39 is 0 Å². The molecule has 0 N–H and O–H groups in total. The highest BCUT2D eigenvalue weighted by Gasteiger charge is 2.13. The molecule has 0 spiro atoms. The van der Waals surface area contributed by atoms with Crippen molar-refractivity contribution in [1.29, 1.82) is 0 Å². The Hall–Kier alpha value is -1.17. The highest BCUT2D eigenvalue weighted by molar-refractivity contribution is 14.1. The molecule has 0 saturated carbocycles. The van der Waals surface area contributed by atoms with Crippen molar-refractivity contribution in [3.05, 3.63) is 50.4 Å². The number of Topliss-reactive ketones (excluding diaryl/α,β-unsaturated/α-hetero) is 1. The van der Waals surface area contributed by atoms with Crippen molar-refractivity contribution < 1.29 is 4.79 Å². The maximum absolute atomic E-state index is 12.2. The lowest BCUT2D eigenvalue weighted by molar-refractivity contribution is 0.0966. The van der Waals surface area contributed by atoms with Crippen LogP contribution in [0.1, 0.15) is 34.2 Å². The van der Waals surface area contributed by atoms with Crippen LogP contribution in [0.15, 0.2) is 24.3 Å². The van der Waals surface area contributed by atoms with Gasteiger partial charge in [0.1, 0.15) is 6.54 Å². The fraction of sp³-hybridized carbons (Fsp3) is 0.333. The van der Waals surface area contributed by atoms with Crippen LogP contribution in [0.25, 0.3) is 0 Å². The second kappa shape index (κ2) is 5.86. The highest BCUT2D eigenvalue weighted by atomic mass is 127. The van der Waals surface area contributed by atoms with Gasteiger partial charge in [-0.1, -0.05) is 19.1 Å². The molecule has 2 rings (SSSR count). The number of aromatic nitrogens is 2. The van der Waals surface area contributed by atoms with E-state index in [0.717, 1.165) is 26.9 Å². The van der Waals surface area contributed by atoms with Crippen LogP contribution >= 0.6 is 22.6 Å². The molecule has 0 unspecified atom stereocenters. The molecule has 0 aliphatic rings. The zero-order chi connectivity index (χ0) is 14.0. The Kier molecular flexibility index (Phi) is 4.39. The topological polar surface area (TPSA) is 34.9 Å². The first-order valence-corrected chi connectivity index (χ1v) is 7.42. The molecule has 0 fully saturated rings. The zero-order valence-corrected chi connectivity index (χ0v) is 13.6. The molecule has 0 bridgehead atoms. The maximum Gasteiger partial charge on any atom is 0.184 e. The van der Waals surface area contributed by atoms with Crippen LogP contribution < -0.4 is 0 Å². The average molecular weight is 368 g/mol. The SMILES string of the molecule is CCc1c(C)nn(CC(=O)c2ccc(I)cc2)c1C. The van der Waals surface area contributed by atoms with Gasteiger partial charge in [0, 0.05) is 14.8 Å². The van der Waals surface area contributed by atoms with Crippen LogP contribution in [-0.4, -0.2) is 15.6 Å². The predicted octanol–water partition coefficient (Wildman–Crippen LogP) is 3.55. The molecule has 100 valence electrons. The first-order valence-electron chi connectivity index (χ1n) is 6.34. The Balaban J connectivity index is 2.22. The van der Waals surface area contributed by atoms with Gasteiger partial charge in [0.25, 0.3) is 0 Å². The van der Waals surface area contributed by atoms with Gasteiger partial charge in [0.2, 0.25) is 0 Å². The number of benzene rings is 1. The Bertz CT molecular complexity index is 599. The van der Waals surface area contributed by atoms with E-state index in [1.54, 1.807) is 0 Å². The monoisotopic (exact) mass is 368 g/mol. The fourth-order valence-electron chi connectivity index (χ4n) is 2.26. The van der Waals surface area contributed by atoms with Crippen LogP contribution in [0.2, 0.25) is 0 Å².